The molecule has 0 N–H and O–H groups in total. The van der Waals surface area contributed by atoms with Crippen molar-refractivity contribution in [3.63, 3.8) is 0 Å². The van der Waals surface area contributed by atoms with Crippen LogP contribution in [0.1, 0.15) is 32.0 Å². The van der Waals surface area contributed by atoms with Crippen LogP contribution in [0.2, 0.25) is 0 Å². The van der Waals surface area contributed by atoms with E-state index in [9.17, 15) is 0 Å². The summed E-state index contributed by atoms with van der Waals surface area (Å²) in [5, 5.41) is 9.03. The first-order valence-electron chi connectivity index (χ1n) is 7.93. The first-order chi connectivity index (χ1) is 11.4. The monoisotopic (exact) mass is 338 g/mol. The number of pyridine rings is 1. The maximum absolute atomic E-state index is 4.78. The summed E-state index contributed by atoms with van der Waals surface area (Å²) in [4.78, 5) is 5.95. The molecule has 4 nitrogen and oxygen atoms in total. The number of aromatic nitrogens is 2. The van der Waals surface area contributed by atoms with Gasteiger partial charge in [0.25, 0.3) is 0 Å². The minimum atomic E-state index is -0.102. The third-order valence-corrected chi connectivity index (χ3v) is 4.49. The lowest BCUT2D eigenvalue weighted by atomic mass is 9.92. The van der Waals surface area contributed by atoms with Crippen LogP contribution < -0.4 is 0 Å². The standard InChI is InChI=1S/C19H22N4S/c1-13-9-10-16-20-17(19(2,3)4)18(23(16)12-13)22-21-14-7-6-8-15(11-14)24-5/h6-12H,1-5H3. The molecule has 0 atom stereocenters. The third-order valence-electron chi connectivity index (χ3n) is 3.77. The number of thioether (sulfide) groups is 1. The lowest BCUT2D eigenvalue weighted by molar-refractivity contribution is 0.574. The predicted molar refractivity (Wildman–Crippen MR) is 101 cm³/mol. The smallest absolute Gasteiger partial charge is 0.183 e. The van der Waals surface area contributed by atoms with E-state index in [1.807, 2.05) is 28.7 Å². The lowest BCUT2D eigenvalue weighted by Gasteiger charge is -2.15. The molecule has 3 rings (SSSR count). The van der Waals surface area contributed by atoms with Crippen molar-refractivity contribution in [2.24, 2.45) is 10.2 Å². The summed E-state index contributed by atoms with van der Waals surface area (Å²) in [6.07, 6.45) is 4.12. The molecule has 0 radical (unpaired) electrons. The number of nitrogens with zero attached hydrogens (tertiary/aromatic N) is 4. The second kappa shape index (κ2) is 6.40. The van der Waals surface area contributed by atoms with Gasteiger partial charge in [0, 0.05) is 16.5 Å². The van der Waals surface area contributed by atoms with Crippen LogP contribution in [0.4, 0.5) is 11.5 Å². The fraction of sp³-hybridized carbons (Fsp3) is 0.316. The predicted octanol–water partition coefficient (Wildman–Crippen LogP) is 6.08. The number of aryl methyl sites for hydroxylation is 1. The maximum Gasteiger partial charge on any atom is 0.183 e. The van der Waals surface area contributed by atoms with E-state index in [1.54, 1.807) is 11.8 Å². The number of benzene rings is 1. The molecule has 24 heavy (non-hydrogen) atoms. The first-order valence-corrected chi connectivity index (χ1v) is 9.16. The maximum atomic E-state index is 4.78. The Bertz CT molecular complexity index is 903. The van der Waals surface area contributed by atoms with Crippen LogP contribution in [0.25, 0.3) is 5.65 Å². The van der Waals surface area contributed by atoms with Crippen LogP contribution in [0.15, 0.2) is 57.7 Å². The first kappa shape index (κ1) is 16.7. The van der Waals surface area contributed by atoms with E-state index in [2.05, 4.69) is 62.5 Å². The minimum absolute atomic E-state index is 0.102. The molecule has 3 aromatic rings. The van der Waals surface area contributed by atoms with Crippen molar-refractivity contribution in [1.29, 1.82) is 0 Å². The average molecular weight is 338 g/mol. The largest absolute Gasteiger partial charge is 0.283 e. The molecule has 0 aliphatic heterocycles. The van der Waals surface area contributed by atoms with Gasteiger partial charge in [-0.1, -0.05) is 32.9 Å². The second-order valence-electron chi connectivity index (χ2n) is 6.87. The molecular formula is C19H22N4S. The number of hydrogen-bond acceptors (Lipinski definition) is 4. The molecule has 0 saturated carbocycles. The van der Waals surface area contributed by atoms with Crippen molar-refractivity contribution in [3.05, 3.63) is 53.9 Å². The summed E-state index contributed by atoms with van der Waals surface area (Å²) in [5.74, 6) is 0.802. The van der Waals surface area contributed by atoms with Gasteiger partial charge in [0.15, 0.2) is 5.82 Å². The van der Waals surface area contributed by atoms with Crippen molar-refractivity contribution in [2.75, 3.05) is 6.26 Å². The molecule has 0 saturated heterocycles. The molecule has 0 aliphatic rings. The molecule has 0 bridgehead atoms. The van der Waals surface area contributed by atoms with Crippen molar-refractivity contribution in [1.82, 2.24) is 9.38 Å². The van der Waals surface area contributed by atoms with Gasteiger partial charge < -0.3 is 0 Å². The summed E-state index contributed by atoms with van der Waals surface area (Å²) >= 11 is 1.70. The van der Waals surface area contributed by atoms with Crippen LogP contribution >= 0.6 is 11.8 Å². The van der Waals surface area contributed by atoms with E-state index in [0.717, 1.165) is 22.8 Å². The van der Waals surface area contributed by atoms with Gasteiger partial charge in [-0.25, -0.2) is 4.98 Å². The Balaban J connectivity index is 2.12. The van der Waals surface area contributed by atoms with E-state index in [1.165, 1.54) is 10.5 Å². The summed E-state index contributed by atoms with van der Waals surface area (Å²) in [6.45, 7) is 8.51. The average Bonchev–Trinajstić information content (AvgIpc) is 2.91. The zero-order valence-electron chi connectivity index (χ0n) is 14.7. The molecule has 1 aromatic carbocycles. The molecule has 0 unspecified atom stereocenters. The zero-order chi connectivity index (χ0) is 17.3. The topological polar surface area (TPSA) is 42.0 Å². The van der Waals surface area contributed by atoms with Gasteiger partial charge >= 0.3 is 0 Å². The van der Waals surface area contributed by atoms with E-state index in [0.29, 0.717) is 0 Å². The van der Waals surface area contributed by atoms with Crippen molar-refractivity contribution >= 4 is 28.9 Å². The van der Waals surface area contributed by atoms with Crippen LogP contribution in [-0.4, -0.2) is 15.6 Å². The Morgan fingerprint density at radius 2 is 1.88 bits per heavy atom. The number of hydrogen-bond donors (Lipinski definition) is 0. The van der Waals surface area contributed by atoms with Gasteiger partial charge in [-0.15, -0.1) is 22.0 Å². The Kier molecular flexibility index (Phi) is 4.45. The van der Waals surface area contributed by atoms with Gasteiger partial charge in [0.05, 0.1) is 11.4 Å². The van der Waals surface area contributed by atoms with E-state index < -0.39 is 0 Å². The molecule has 2 heterocycles. The Morgan fingerprint density at radius 1 is 1.08 bits per heavy atom. The quantitative estimate of drug-likeness (QED) is 0.429. The van der Waals surface area contributed by atoms with Crippen molar-refractivity contribution in [3.8, 4) is 0 Å². The number of imidazole rings is 1. The molecular weight excluding hydrogens is 316 g/mol. The fourth-order valence-corrected chi connectivity index (χ4v) is 2.97. The van der Waals surface area contributed by atoms with E-state index in [-0.39, 0.29) is 5.41 Å². The molecule has 2 aromatic heterocycles. The van der Waals surface area contributed by atoms with Gasteiger partial charge in [-0.2, -0.15) is 0 Å². The SMILES string of the molecule is CSc1cccc(N=Nc2c(C(C)(C)C)nc3ccc(C)cn23)c1. The summed E-state index contributed by atoms with van der Waals surface area (Å²) in [6, 6.07) is 12.2. The highest BCUT2D eigenvalue weighted by Gasteiger charge is 2.24. The second-order valence-corrected chi connectivity index (χ2v) is 7.75. The van der Waals surface area contributed by atoms with Crippen molar-refractivity contribution < 1.29 is 0 Å². The van der Waals surface area contributed by atoms with Crippen LogP contribution in [0.3, 0.4) is 0 Å². The highest BCUT2D eigenvalue weighted by Crippen LogP contribution is 2.33. The molecule has 0 aliphatic carbocycles. The molecule has 124 valence electrons. The fourth-order valence-electron chi connectivity index (χ4n) is 2.51. The van der Waals surface area contributed by atoms with Crippen molar-refractivity contribution in [2.45, 2.75) is 38.0 Å². The van der Waals surface area contributed by atoms with Gasteiger partial charge in [-0.3, -0.25) is 4.40 Å². The lowest BCUT2D eigenvalue weighted by Crippen LogP contribution is -2.11. The minimum Gasteiger partial charge on any atom is -0.283 e. The van der Waals surface area contributed by atoms with Gasteiger partial charge in [0.2, 0.25) is 0 Å². The number of fused-ring (bicyclic) bond motifs is 1. The normalized spacial score (nSPS) is 12.4. The molecule has 0 amide bonds. The summed E-state index contributed by atoms with van der Waals surface area (Å²) in [7, 11) is 0. The highest BCUT2D eigenvalue weighted by atomic mass is 32.2. The van der Waals surface area contributed by atoms with Gasteiger partial charge in [0.1, 0.15) is 5.65 Å². The molecule has 0 spiro atoms. The van der Waals surface area contributed by atoms with Crippen LogP contribution in [0.5, 0.6) is 0 Å². The zero-order valence-corrected chi connectivity index (χ0v) is 15.6. The van der Waals surface area contributed by atoms with Crippen LogP contribution in [-0.2, 0) is 5.41 Å². The number of azo groups is 1. The Morgan fingerprint density at radius 3 is 2.58 bits per heavy atom. The summed E-state index contributed by atoms with van der Waals surface area (Å²) < 4.78 is 2.03. The van der Waals surface area contributed by atoms with E-state index >= 15 is 0 Å². The Hall–Kier alpha value is -2.14. The number of rotatable bonds is 3. The highest BCUT2D eigenvalue weighted by molar-refractivity contribution is 7.98. The Labute approximate surface area is 147 Å². The van der Waals surface area contributed by atoms with E-state index in [4.69, 9.17) is 4.98 Å². The van der Waals surface area contributed by atoms with Crippen LogP contribution in [0, 0.1) is 6.92 Å². The third kappa shape index (κ3) is 3.36. The van der Waals surface area contributed by atoms with Gasteiger partial charge in [-0.05, 0) is 43.0 Å². The summed E-state index contributed by atoms with van der Waals surface area (Å²) in [5.41, 5.74) is 3.77. The molecule has 5 heteroatoms. The molecule has 0 fully saturated rings.